The molecule has 1 N–H and O–H groups in total. The molecule has 0 radical (unpaired) electrons. The molecule has 1 aromatic carbocycles. The number of likely N-dealkylation sites (N-methyl/N-ethyl adjacent to an activating group) is 1. The fourth-order valence-electron chi connectivity index (χ4n) is 2.14. The lowest BCUT2D eigenvalue weighted by atomic mass is 10.2. The molecular formula is C15H17N3O6. The Labute approximate surface area is 138 Å². The Hall–Kier alpha value is -3.10. The minimum absolute atomic E-state index is 0.166. The molecule has 1 aromatic rings. The zero-order valence-electron chi connectivity index (χ0n) is 13.5. The number of amides is 5. The third-order valence-corrected chi connectivity index (χ3v) is 3.49. The molecule has 0 aliphatic carbocycles. The van der Waals surface area contributed by atoms with Crippen LogP contribution in [0.15, 0.2) is 18.2 Å². The predicted molar refractivity (Wildman–Crippen MR) is 81.3 cm³/mol. The second-order valence-electron chi connectivity index (χ2n) is 5.00. The molecule has 1 aliphatic heterocycles. The van der Waals surface area contributed by atoms with Crippen LogP contribution in [0.5, 0.6) is 11.5 Å². The van der Waals surface area contributed by atoms with Gasteiger partial charge in [0, 0.05) is 13.6 Å². The maximum Gasteiger partial charge on any atom is 0.334 e. The number of imide groups is 2. The molecule has 1 fully saturated rings. The number of benzene rings is 1. The summed E-state index contributed by atoms with van der Waals surface area (Å²) in [5, 5.41) is 2.57. The highest BCUT2D eigenvalue weighted by atomic mass is 16.5. The SMILES string of the molecule is COc1ccc(CNC(=O)CN2C(=O)C(=O)N(C)C2=O)cc1OC. The molecular weight excluding hydrogens is 318 g/mol. The number of hydrogen-bond donors (Lipinski definition) is 1. The first kappa shape index (κ1) is 17.3. The van der Waals surface area contributed by atoms with E-state index in [1.807, 2.05) is 0 Å². The number of nitrogens with one attached hydrogen (secondary N) is 1. The Balaban J connectivity index is 1.95. The second-order valence-corrected chi connectivity index (χ2v) is 5.00. The summed E-state index contributed by atoms with van der Waals surface area (Å²) in [6.07, 6.45) is 0. The Morgan fingerprint density at radius 2 is 1.75 bits per heavy atom. The minimum Gasteiger partial charge on any atom is -0.493 e. The molecule has 24 heavy (non-hydrogen) atoms. The third-order valence-electron chi connectivity index (χ3n) is 3.49. The molecule has 1 saturated heterocycles. The summed E-state index contributed by atoms with van der Waals surface area (Å²) in [6.45, 7) is -0.347. The van der Waals surface area contributed by atoms with Gasteiger partial charge in [0.1, 0.15) is 6.54 Å². The van der Waals surface area contributed by atoms with E-state index in [2.05, 4.69) is 5.32 Å². The topological polar surface area (TPSA) is 105 Å². The summed E-state index contributed by atoms with van der Waals surface area (Å²) in [4.78, 5) is 47.8. The first-order chi connectivity index (χ1) is 11.4. The molecule has 1 aliphatic rings. The summed E-state index contributed by atoms with van der Waals surface area (Å²) in [6, 6.07) is 4.32. The number of methoxy groups -OCH3 is 2. The van der Waals surface area contributed by atoms with Crippen molar-refractivity contribution in [2.24, 2.45) is 0 Å². The van der Waals surface area contributed by atoms with Crippen molar-refractivity contribution in [3.8, 4) is 11.5 Å². The molecule has 0 spiro atoms. The van der Waals surface area contributed by atoms with E-state index in [1.165, 1.54) is 21.3 Å². The molecule has 0 bridgehead atoms. The van der Waals surface area contributed by atoms with Crippen LogP contribution in [0, 0.1) is 0 Å². The normalized spacial score (nSPS) is 14.2. The van der Waals surface area contributed by atoms with Crippen molar-refractivity contribution in [2.45, 2.75) is 6.54 Å². The smallest absolute Gasteiger partial charge is 0.334 e. The van der Waals surface area contributed by atoms with E-state index >= 15 is 0 Å². The van der Waals surface area contributed by atoms with Crippen LogP contribution < -0.4 is 14.8 Å². The van der Waals surface area contributed by atoms with E-state index in [1.54, 1.807) is 18.2 Å². The van der Waals surface area contributed by atoms with Crippen molar-refractivity contribution in [3.63, 3.8) is 0 Å². The number of ether oxygens (including phenoxy) is 2. The molecule has 9 heteroatoms. The van der Waals surface area contributed by atoms with Crippen LogP contribution >= 0.6 is 0 Å². The fraction of sp³-hybridized carbons (Fsp3) is 0.333. The molecule has 0 atom stereocenters. The van der Waals surface area contributed by atoms with Crippen LogP contribution in [0.3, 0.4) is 0 Å². The summed E-state index contributed by atoms with van der Waals surface area (Å²) in [5.41, 5.74) is 0.744. The van der Waals surface area contributed by atoms with E-state index < -0.39 is 30.3 Å². The maximum absolute atomic E-state index is 11.9. The summed E-state index contributed by atoms with van der Waals surface area (Å²) in [7, 11) is 4.20. The lowest BCUT2D eigenvalue weighted by Gasteiger charge is -2.13. The van der Waals surface area contributed by atoms with Crippen molar-refractivity contribution < 1.29 is 28.7 Å². The van der Waals surface area contributed by atoms with Gasteiger partial charge in [-0.3, -0.25) is 19.3 Å². The summed E-state index contributed by atoms with van der Waals surface area (Å²) < 4.78 is 10.3. The first-order valence-electron chi connectivity index (χ1n) is 7.00. The van der Waals surface area contributed by atoms with Crippen LogP contribution in [0.25, 0.3) is 0 Å². The average Bonchev–Trinajstić information content (AvgIpc) is 2.77. The number of urea groups is 1. The van der Waals surface area contributed by atoms with Gasteiger partial charge >= 0.3 is 17.8 Å². The highest BCUT2D eigenvalue weighted by molar-refractivity contribution is 6.44. The molecule has 0 unspecified atom stereocenters. The van der Waals surface area contributed by atoms with Gasteiger partial charge in [0.05, 0.1) is 14.2 Å². The van der Waals surface area contributed by atoms with Gasteiger partial charge in [0.15, 0.2) is 11.5 Å². The van der Waals surface area contributed by atoms with Crippen LogP contribution in [0.2, 0.25) is 0 Å². The zero-order valence-corrected chi connectivity index (χ0v) is 13.5. The number of rotatable bonds is 6. The third kappa shape index (κ3) is 3.29. The lowest BCUT2D eigenvalue weighted by Crippen LogP contribution is -2.40. The predicted octanol–water partition coefficient (Wildman–Crippen LogP) is -0.259. The minimum atomic E-state index is -1.01. The lowest BCUT2D eigenvalue weighted by molar-refractivity contribution is -0.143. The van der Waals surface area contributed by atoms with Crippen molar-refractivity contribution in [2.75, 3.05) is 27.8 Å². The molecule has 9 nitrogen and oxygen atoms in total. The molecule has 0 aromatic heterocycles. The average molecular weight is 335 g/mol. The van der Waals surface area contributed by atoms with Crippen LogP contribution in [0.4, 0.5) is 4.79 Å². The zero-order chi connectivity index (χ0) is 17.9. The van der Waals surface area contributed by atoms with Gasteiger partial charge in [-0.05, 0) is 17.7 Å². The highest BCUT2D eigenvalue weighted by Crippen LogP contribution is 2.27. The number of carbonyl (C=O) groups is 4. The molecule has 5 amide bonds. The highest BCUT2D eigenvalue weighted by Gasteiger charge is 2.42. The summed E-state index contributed by atoms with van der Waals surface area (Å²) >= 11 is 0. The Morgan fingerprint density at radius 3 is 2.29 bits per heavy atom. The van der Waals surface area contributed by atoms with Crippen molar-refractivity contribution in [1.82, 2.24) is 15.1 Å². The van der Waals surface area contributed by atoms with Gasteiger partial charge in [-0.25, -0.2) is 9.69 Å². The van der Waals surface area contributed by atoms with Gasteiger partial charge in [0.25, 0.3) is 0 Å². The van der Waals surface area contributed by atoms with E-state index in [0.717, 1.165) is 5.56 Å². The quantitative estimate of drug-likeness (QED) is 0.567. The maximum atomic E-state index is 11.9. The molecule has 128 valence electrons. The van der Waals surface area contributed by atoms with Crippen LogP contribution in [0.1, 0.15) is 5.56 Å². The largest absolute Gasteiger partial charge is 0.493 e. The first-order valence-corrected chi connectivity index (χ1v) is 7.00. The van der Waals surface area contributed by atoms with Gasteiger partial charge in [0.2, 0.25) is 5.91 Å². The van der Waals surface area contributed by atoms with Gasteiger partial charge < -0.3 is 14.8 Å². The fourth-order valence-corrected chi connectivity index (χ4v) is 2.14. The number of nitrogens with zero attached hydrogens (tertiary/aromatic N) is 2. The van der Waals surface area contributed by atoms with Crippen molar-refractivity contribution in [1.29, 1.82) is 0 Å². The monoisotopic (exact) mass is 335 g/mol. The van der Waals surface area contributed by atoms with E-state index in [0.29, 0.717) is 21.3 Å². The Morgan fingerprint density at radius 1 is 1.08 bits per heavy atom. The number of hydrogen-bond acceptors (Lipinski definition) is 6. The molecule has 2 rings (SSSR count). The van der Waals surface area contributed by atoms with Gasteiger partial charge in [-0.15, -0.1) is 0 Å². The van der Waals surface area contributed by atoms with Crippen molar-refractivity contribution in [3.05, 3.63) is 23.8 Å². The Bertz CT molecular complexity index is 702. The van der Waals surface area contributed by atoms with Gasteiger partial charge in [-0.2, -0.15) is 0 Å². The Kier molecular flexibility index (Phi) is 5.02. The van der Waals surface area contributed by atoms with E-state index in [-0.39, 0.29) is 6.54 Å². The van der Waals surface area contributed by atoms with Crippen molar-refractivity contribution >= 4 is 23.8 Å². The van der Waals surface area contributed by atoms with E-state index in [4.69, 9.17) is 9.47 Å². The summed E-state index contributed by atoms with van der Waals surface area (Å²) in [5.74, 6) is -1.45. The van der Waals surface area contributed by atoms with Gasteiger partial charge in [-0.1, -0.05) is 6.07 Å². The van der Waals surface area contributed by atoms with E-state index in [9.17, 15) is 19.2 Å². The standard InChI is InChI=1S/C15H17N3O6/c1-17-13(20)14(21)18(15(17)22)8-12(19)16-7-9-4-5-10(23-2)11(6-9)24-3/h4-6H,7-8H2,1-3H3,(H,16,19). The number of carbonyl (C=O) groups excluding carboxylic acids is 4. The molecule has 0 saturated carbocycles. The van der Waals surface area contributed by atoms with Crippen LogP contribution in [-0.2, 0) is 20.9 Å². The molecule has 1 heterocycles. The van der Waals surface area contributed by atoms with Crippen LogP contribution in [-0.4, -0.2) is 61.4 Å². The second kappa shape index (κ2) is 6.99.